The van der Waals surface area contributed by atoms with Crippen molar-refractivity contribution in [3.05, 3.63) is 100 Å². The molecule has 1 heterocycles. The number of para-hydroxylation sites is 1. The highest BCUT2D eigenvalue weighted by atomic mass is 35.5. The van der Waals surface area contributed by atoms with E-state index in [0.717, 1.165) is 36.1 Å². The van der Waals surface area contributed by atoms with E-state index in [4.69, 9.17) is 16.7 Å². The molecule has 0 radical (unpaired) electrons. The lowest BCUT2D eigenvalue weighted by atomic mass is 9.77. The summed E-state index contributed by atoms with van der Waals surface area (Å²) in [6, 6.07) is 22.8. The molecule has 7 heteroatoms. The molecule has 192 valence electrons. The molecule has 0 saturated carbocycles. The summed E-state index contributed by atoms with van der Waals surface area (Å²) < 4.78 is 0. The number of carboxylic acid groups (broad SMARTS) is 1. The van der Waals surface area contributed by atoms with Crippen LogP contribution >= 0.6 is 11.6 Å². The molecule has 0 aliphatic carbocycles. The fraction of sp³-hybridized carbons (Fsp3) is 0.300. The number of carboxylic acids is 1. The summed E-state index contributed by atoms with van der Waals surface area (Å²) in [5.41, 5.74) is 4.48. The Balaban J connectivity index is 1.66. The first-order valence-electron chi connectivity index (χ1n) is 12.6. The van der Waals surface area contributed by atoms with Crippen LogP contribution in [0.2, 0.25) is 5.02 Å². The van der Waals surface area contributed by atoms with E-state index in [2.05, 4.69) is 18.3 Å². The molecule has 0 saturated heterocycles. The highest BCUT2D eigenvalue weighted by Gasteiger charge is 2.36. The van der Waals surface area contributed by atoms with E-state index >= 15 is 0 Å². The van der Waals surface area contributed by atoms with Gasteiger partial charge in [-0.05, 0) is 65.8 Å². The lowest BCUT2D eigenvalue weighted by Gasteiger charge is -2.31. The van der Waals surface area contributed by atoms with Gasteiger partial charge < -0.3 is 15.3 Å². The molecule has 0 aromatic heterocycles. The maximum atomic E-state index is 14.2. The zero-order valence-corrected chi connectivity index (χ0v) is 21.6. The normalized spacial score (nSPS) is 14.1. The molecule has 1 aliphatic heterocycles. The number of anilines is 1. The van der Waals surface area contributed by atoms with Crippen molar-refractivity contribution in [3.8, 4) is 0 Å². The third-order valence-corrected chi connectivity index (χ3v) is 7.13. The average molecular weight is 519 g/mol. The van der Waals surface area contributed by atoms with Crippen LogP contribution in [0.4, 0.5) is 5.69 Å². The van der Waals surface area contributed by atoms with Gasteiger partial charge in [0.25, 0.3) is 5.91 Å². The van der Waals surface area contributed by atoms with Crippen LogP contribution in [-0.2, 0) is 16.0 Å². The van der Waals surface area contributed by atoms with E-state index in [0.29, 0.717) is 17.1 Å². The summed E-state index contributed by atoms with van der Waals surface area (Å²) in [5, 5.41) is 12.0. The Morgan fingerprint density at radius 1 is 0.973 bits per heavy atom. The van der Waals surface area contributed by atoms with Crippen LogP contribution < -0.4 is 10.2 Å². The Bertz CT molecular complexity index is 1260. The van der Waals surface area contributed by atoms with E-state index in [9.17, 15) is 14.4 Å². The zero-order chi connectivity index (χ0) is 26.4. The smallest absolute Gasteiger partial charge is 0.305 e. The molecule has 2 amide bonds. The fourth-order valence-electron chi connectivity index (χ4n) is 5.06. The molecule has 3 aromatic carbocycles. The maximum Gasteiger partial charge on any atom is 0.305 e. The van der Waals surface area contributed by atoms with Gasteiger partial charge in [0.1, 0.15) is 0 Å². The van der Waals surface area contributed by atoms with E-state index in [1.165, 1.54) is 5.56 Å². The molecule has 37 heavy (non-hydrogen) atoms. The minimum absolute atomic E-state index is 0.0567. The number of nitrogens with zero attached hydrogens (tertiary/aromatic N) is 1. The van der Waals surface area contributed by atoms with Crippen LogP contribution in [-0.4, -0.2) is 36.0 Å². The second-order valence-corrected chi connectivity index (χ2v) is 9.75. The summed E-state index contributed by atoms with van der Waals surface area (Å²) >= 11 is 6.18. The molecule has 0 bridgehead atoms. The number of fused-ring (bicyclic) bond motifs is 1. The van der Waals surface area contributed by atoms with Gasteiger partial charge in [0, 0.05) is 29.4 Å². The molecule has 0 spiro atoms. The van der Waals surface area contributed by atoms with E-state index in [1.54, 1.807) is 12.1 Å². The van der Waals surface area contributed by atoms with Gasteiger partial charge in [0.15, 0.2) is 0 Å². The van der Waals surface area contributed by atoms with Crippen LogP contribution in [0.1, 0.15) is 65.1 Å². The second-order valence-electron chi connectivity index (χ2n) is 9.31. The Hall–Kier alpha value is -3.64. The summed E-state index contributed by atoms with van der Waals surface area (Å²) in [6.07, 6.45) is 2.38. The average Bonchev–Trinajstić information content (AvgIpc) is 3.33. The number of hydrogen-bond donors (Lipinski definition) is 2. The van der Waals surface area contributed by atoms with Crippen molar-refractivity contribution in [1.82, 2.24) is 5.32 Å². The molecule has 6 nitrogen and oxygen atoms in total. The molecule has 4 rings (SSSR count). The molecule has 2 N–H and O–H groups in total. The summed E-state index contributed by atoms with van der Waals surface area (Å²) in [4.78, 5) is 39.3. The SMILES string of the molecule is CCCC(c1ccc(C(=O)NCCC(=O)O)cc1)C(C(=O)N1CCc2ccccc21)c1ccc(Cl)cc1. The van der Waals surface area contributed by atoms with Crippen molar-refractivity contribution in [2.45, 2.75) is 44.4 Å². The first kappa shape index (κ1) is 26.4. The molecular formula is C30H31ClN2O4. The Labute approximate surface area is 222 Å². The number of benzene rings is 3. The Kier molecular flexibility index (Phi) is 8.62. The van der Waals surface area contributed by atoms with E-state index in [1.807, 2.05) is 59.5 Å². The zero-order valence-electron chi connectivity index (χ0n) is 20.8. The quantitative estimate of drug-likeness (QED) is 0.355. The Morgan fingerprint density at radius 2 is 1.65 bits per heavy atom. The van der Waals surface area contributed by atoms with Crippen LogP contribution in [0.3, 0.4) is 0 Å². The monoisotopic (exact) mass is 518 g/mol. The predicted molar refractivity (Wildman–Crippen MR) is 145 cm³/mol. The lowest BCUT2D eigenvalue weighted by Crippen LogP contribution is -2.36. The predicted octanol–water partition coefficient (Wildman–Crippen LogP) is 5.80. The minimum atomic E-state index is -0.961. The summed E-state index contributed by atoms with van der Waals surface area (Å²) in [5.74, 6) is -1.74. The van der Waals surface area contributed by atoms with Gasteiger partial charge in [-0.1, -0.05) is 67.4 Å². The molecule has 0 fully saturated rings. The van der Waals surface area contributed by atoms with Crippen molar-refractivity contribution in [1.29, 1.82) is 0 Å². The second kappa shape index (κ2) is 12.1. The number of rotatable bonds is 10. The Morgan fingerprint density at radius 3 is 2.32 bits per heavy atom. The summed E-state index contributed by atoms with van der Waals surface area (Å²) in [6.45, 7) is 2.82. The van der Waals surface area contributed by atoms with Gasteiger partial charge in [-0.2, -0.15) is 0 Å². The fourth-order valence-corrected chi connectivity index (χ4v) is 5.18. The molecule has 3 aromatic rings. The largest absolute Gasteiger partial charge is 0.481 e. The third-order valence-electron chi connectivity index (χ3n) is 6.88. The van der Waals surface area contributed by atoms with Gasteiger partial charge in [0.05, 0.1) is 12.3 Å². The van der Waals surface area contributed by atoms with Crippen LogP contribution in [0.5, 0.6) is 0 Å². The summed E-state index contributed by atoms with van der Waals surface area (Å²) in [7, 11) is 0. The van der Waals surface area contributed by atoms with Gasteiger partial charge in [-0.25, -0.2) is 0 Å². The van der Waals surface area contributed by atoms with Crippen molar-refractivity contribution < 1.29 is 19.5 Å². The van der Waals surface area contributed by atoms with Crippen molar-refractivity contribution in [2.75, 3.05) is 18.0 Å². The topological polar surface area (TPSA) is 86.7 Å². The minimum Gasteiger partial charge on any atom is -0.481 e. The third kappa shape index (κ3) is 6.20. The first-order valence-corrected chi connectivity index (χ1v) is 13.0. The molecule has 1 aliphatic rings. The number of carbonyl (C=O) groups excluding carboxylic acids is 2. The van der Waals surface area contributed by atoms with E-state index in [-0.39, 0.29) is 30.7 Å². The van der Waals surface area contributed by atoms with Crippen LogP contribution in [0.25, 0.3) is 0 Å². The van der Waals surface area contributed by atoms with E-state index < -0.39 is 11.9 Å². The lowest BCUT2D eigenvalue weighted by molar-refractivity contribution is -0.136. The van der Waals surface area contributed by atoms with Gasteiger partial charge in [-0.15, -0.1) is 0 Å². The number of nitrogens with one attached hydrogen (secondary N) is 1. The van der Waals surface area contributed by atoms with Gasteiger partial charge in [-0.3, -0.25) is 14.4 Å². The molecular weight excluding hydrogens is 488 g/mol. The number of aliphatic carboxylic acids is 1. The van der Waals surface area contributed by atoms with Gasteiger partial charge >= 0.3 is 5.97 Å². The number of amides is 2. The first-order chi connectivity index (χ1) is 17.9. The maximum absolute atomic E-state index is 14.2. The van der Waals surface area contributed by atoms with Crippen molar-refractivity contribution >= 4 is 35.1 Å². The molecule has 2 atom stereocenters. The highest BCUT2D eigenvalue weighted by Crippen LogP contribution is 2.41. The number of carbonyl (C=O) groups is 3. The standard InChI is InChI=1S/C30H31ClN2O4/c1-2-5-25(20-8-10-23(11-9-20)29(36)32-18-16-27(34)35)28(22-12-14-24(31)15-13-22)30(37)33-19-17-21-6-3-4-7-26(21)33/h3-4,6-15,25,28H,2,5,16-19H2,1H3,(H,32,36)(H,34,35). The van der Waals surface area contributed by atoms with Crippen molar-refractivity contribution in [3.63, 3.8) is 0 Å². The van der Waals surface area contributed by atoms with Gasteiger partial charge in [0.2, 0.25) is 5.91 Å². The van der Waals surface area contributed by atoms with Crippen LogP contribution in [0.15, 0.2) is 72.8 Å². The van der Waals surface area contributed by atoms with Crippen LogP contribution in [0, 0.1) is 0 Å². The number of halogens is 1. The number of hydrogen-bond acceptors (Lipinski definition) is 3. The highest BCUT2D eigenvalue weighted by molar-refractivity contribution is 6.30. The molecule has 2 unspecified atom stereocenters. The van der Waals surface area contributed by atoms with Crippen molar-refractivity contribution in [2.24, 2.45) is 0 Å².